The zero-order valence-electron chi connectivity index (χ0n) is 11.4. The number of hydrogen-bond donors (Lipinski definition) is 1. The van der Waals surface area contributed by atoms with Crippen molar-refractivity contribution in [1.29, 1.82) is 0 Å². The Balaban J connectivity index is 2.28. The molecule has 2 rings (SSSR count). The van der Waals surface area contributed by atoms with Crippen molar-refractivity contribution >= 4 is 17.5 Å². The van der Waals surface area contributed by atoms with E-state index in [1.807, 2.05) is 18.7 Å². The number of halogens is 2. The van der Waals surface area contributed by atoms with Gasteiger partial charge in [0.15, 0.2) is 0 Å². The SMILES string of the molecule is CCN(CC)c1ccnc(Nc2c(F)cccc2F)n1. The van der Waals surface area contributed by atoms with Gasteiger partial charge >= 0.3 is 0 Å². The number of benzene rings is 1. The monoisotopic (exact) mass is 278 g/mol. The molecule has 4 nitrogen and oxygen atoms in total. The number of rotatable bonds is 5. The first-order chi connectivity index (χ1) is 9.65. The van der Waals surface area contributed by atoms with Crippen LogP contribution >= 0.6 is 0 Å². The van der Waals surface area contributed by atoms with Crippen LogP contribution in [0.2, 0.25) is 0 Å². The molecular formula is C14H16F2N4. The van der Waals surface area contributed by atoms with E-state index in [1.54, 1.807) is 12.3 Å². The Morgan fingerprint density at radius 2 is 1.75 bits per heavy atom. The van der Waals surface area contributed by atoms with Gasteiger partial charge in [0.2, 0.25) is 5.95 Å². The van der Waals surface area contributed by atoms with Gasteiger partial charge in [-0.15, -0.1) is 0 Å². The number of hydrogen-bond acceptors (Lipinski definition) is 4. The molecule has 6 heteroatoms. The third kappa shape index (κ3) is 3.01. The molecule has 0 saturated carbocycles. The fourth-order valence-corrected chi connectivity index (χ4v) is 1.86. The van der Waals surface area contributed by atoms with Crippen LogP contribution in [0.4, 0.5) is 26.2 Å². The van der Waals surface area contributed by atoms with Crippen LogP contribution in [0.3, 0.4) is 0 Å². The zero-order valence-corrected chi connectivity index (χ0v) is 11.4. The second-order valence-electron chi connectivity index (χ2n) is 4.13. The van der Waals surface area contributed by atoms with Crippen LogP contribution in [-0.2, 0) is 0 Å². The molecule has 0 saturated heterocycles. The van der Waals surface area contributed by atoms with Crippen LogP contribution in [0.15, 0.2) is 30.5 Å². The molecule has 2 aromatic rings. The fraction of sp³-hybridized carbons (Fsp3) is 0.286. The lowest BCUT2D eigenvalue weighted by Crippen LogP contribution is -2.23. The lowest BCUT2D eigenvalue weighted by atomic mass is 10.3. The summed E-state index contributed by atoms with van der Waals surface area (Å²) in [5, 5.41) is 2.59. The Morgan fingerprint density at radius 3 is 2.35 bits per heavy atom. The quantitative estimate of drug-likeness (QED) is 0.910. The number of aromatic nitrogens is 2. The Hall–Kier alpha value is -2.24. The summed E-state index contributed by atoms with van der Waals surface area (Å²) < 4.78 is 27.1. The van der Waals surface area contributed by atoms with E-state index in [9.17, 15) is 8.78 Å². The molecule has 0 radical (unpaired) electrons. The van der Waals surface area contributed by atoms with Gasteiger partial charge in [-0.05, 0) is 32.0 Å². The minimum atomic E-state index is -0.679. The number of nitrogens with zero attached hydrogens (tertiary/aromatic N) is 3. The first-order valence-electron chi connectivity index (χ1n) is 6.44. The highest BCUT2D eigenvalue weighted by molar-refractivity contribution is 5.56. The van der Waals surface area contributed by atoms with Crippen molar-refractivity contribution in [2.75, 3.05) is 23.3 Å². The molecule has 1 heterocycles. The van der Waals surface area contributed by atoms with Crippen LogP contribution in [0, 0.1) is 11.6 Å². The fourth-order valence-electron chi connectivity index (χ4n) is 1.86. The highest BCUT2D eigenvalue weighted by Gasteiger charge is 2.11. The van der Waals surface area contributed by atoms with Crippen molar-refractivity contribution in [1.82, 2.24) is 9.97 Å². The Bertz CT molecular complexity index is 565. The van der Waals surface area contributed by atoms with E-state index >= 15 is 0 Å². The van der Waals surface area contributed by atoms with E-state index in [-0.39, 0.29) is 11.6 Å². The standard InChI is InChI=1S/C14H16F2N4/c1-3-20(4-2)12-8-9-17-14(18-12)19-13-10(15)6-5-7-11(13)16/h5-9H,3-4H2,1-2H3,(H,17,18,19). The predicted octanol–water partition coefficient (Wildman–Crippen LogP) is 3.34. The van der Waals surface area contributed by atoms with Crippen molar-refractivity contribution < 1.29 is 8.78 Å². The number of anilines is 3. The first kappa shape index (κ1) is 14.2. The number of nitrogens with one attached hydrogen (secondary N) is 1. The average Bonchev–Trinajstić information content (AvgIpc) is 2.45. The average molecular weight is 278 g/mol. The predicted molar refractivity (Wildman–Crippen MR) is 75.2 cm³/mol. The van der Waals surface area contributed by atoms with Gasteiger partial charge in [0.1, 0.15) is 23.1 Å². The smallest absolute Gasteiger partial charge is 0.229 e. The maximum atomic E-state index is 13.6. The van der Waals surface area contributed by atoms with Crippen LogP contribution in [0.1, 0.15) is 13.8 Å². The molecule has 0 bridgehead atoms. The van der Waals surface area contributed by atoms with Gasteiger partial charge in [0.05, 0.1) is 0 Å². The van der Waals surface area contributed by atoms with Crippen molar-refractivity contribution in [2.45, 2.75) is 13.8 Å². The van der Waals surface area contributed by atoms with Crippen molar-refractivity contribution in [3.63, 3.8) is 0 Å². The van der Waals surface area contributed by atoms with Gasteiger partial charge in [-0.1, -0.05) is 6.07 Å². The van der Waals surface area contributed by atoms with E-state index in [0.29, 0.717) is 5.82 Å². The van der Waals surface area contributed by atoms with Crippen molar-refractivity contribution in [2.24, 2.45) is 0 Å². The van der Waals surface area contributed by atoms with Crippen LogP contribution in [-0.4, -0.2) is 23.1 Å². The molecule has 1 aromatic heterocycles. The van der Waals surface area contributed by atoms with Gasteiger partial charge in [0.25, 0.3) is 0 Å². The van der Waals surface area contributed by atoms with Gasteiger partial charge < -0.3 is 10.2 Å². The second kappa shape index (κ2) is 6.27. The molecule has 0 amide bonds. The summed E-state index contributed by atoms with van der Waals surface area (Å²) in [5.74, 6) is -0.480. The van der Waals surface area contributed by atoms with Crippen LogP contribution in [0.5, 0.6) is 0 Å². The molecule has 1 N–H and O–H groups in total. The largest absolute Gasteiger partial charge is 0.357 e. The van der Waals surface area contributed by atoms with Crippen LogP contribution < -0.4 is 10.2 Å². The summed E-state index contributed by atoms with van der Waals surface area (Å²) in [6.07, 6.45) is 1.56. The maximum Gasteiger partial charge on any atom is 0.229 e. The van der Waals surface area contributed by atoms with Crippen molar-refractivity contribution in [3.05, 3.63) is 42.1 Å². The number of para-hydroxylation sites is 1. The third-order valence-corrected chi connectivity index (χ3v) is 2.93. The lowest BCUT2D eigenvalue weighted by Gasteiger charge is -2.20. The molecule has 0 unspecified atom stereocenters. The summed E-state index contributed by atoms with van der Waals surface area (Å²) in [5.41, 5.74) is -0.246. The summed E-state index contributed by atoms with van der Waals surface area (Å²) in [6, 6.07) is 5.43. The topological polar surface area (TPSA) is 41.1 Å². The molecular weight excluding hydrogens is 262 g/mol. The van der Waals surface area contributed by atoms with E-state index in [1.165, 1.54) is 18.2 Å². The second-order valence-corrected chi connectivity index (χ2v) is 4.13. The first-order valence-corrected chi connectivity index (χ1v) is 6.44. The van der Waals surface area contributed by atoms with Gasteiger partial charge in [-0.2, -0.15) is 4.98 Å². The van der Waals surface area contributed by atoms with E-state index in [2.05, 4.69) is 15.3 Å². The zero-order chi connectivity index (χ0) is 14.5. The summed E-state index contributed by atoms with van der Waals surface area (Å²) >= 11 is 0. The Labute approximate surface area is 116 Å². The lowest BCUT2D eigenvalue weighted by molar-refractivity contribution is 0.590. The van der Waals surface area contributed by atoms with Crippen molar-refractivity contribution in [3.8, 4) is 0 Å². The highest BCUT2D eigenvalue weighted by Crippen LogP contribution is 2.22. The molecule has 106 valence electrons. The van der Waals surface area contributed by atoms with E-state index < -0.39 is 11.6 Å². The minimum Gasteiger partial charge on any atom is -0.357 e. The van der Waals surface area contributed by atoms with Crippen LogP contribution in [0.25, 0.3) is 0 Å². The minimum absolute atomic E-state index is 0.165. The van der Waals surface area contributed by atoms with Gasteiger partial charge in [-0.3, -0.25) is 0 Å². The molecule has 0 aliphatic heterocycles. The molecule has 0 spiro atoms. The van der Waals surface area contributed by atoms with Gasteiger partial charge in [-0.25, -0.2) is 13.8 Å². The summed E-state index contributed by atoms with van der Waals surface area (Å²) in [7, 11) is 0. The van der Waals surface area contributed by atoms with Gasteiger partial charge in [0, 0.05) is 19.3 Å². The molecule has 0 fully saturated rings. The summed E-state index contributed by atoms with van der Waals surface area (Å²) in [6.45, 7) is 5.60. The normalized spacial score (nSPS) is 10.4. The third-order valence-electron chi connectivity index (χ3n) is 2.93. The van der Waals surface area contributed by atoms with E-state index in [0.717, 1.165) is 13.1 Å². The summed E-state index contributed by atoms with van der Waals surface area (Å²) in [4.78, 5) is 10.3. The molecule has 1 aromatic carbocycles. The Kier molecular flexibility index (Phi) is 4.45. The molecule has 20 heavy (non-hydrogen) atoms. The highest BCUT2D eigenvalue weighted by atomic mass is 19.1. The maximum absolute atomic E-state index is 13.6. The molecule has 0 aliphatic rings. The van der Waals surface area contributed by atoms with E-state index in [4.69, 9.17) is 0 Å². The Morgan fingerprint density at radius 1 is 1.10 bits per heavy atom. The molecule has 0 aliphatic carbocycles. The molecule has 0 atom stereocenters.